The van der Waals surface area contributed by atoms with Gasteiger partial charge in [-0.3, -0.25) is 9.59 Å². The van der Waals surface area contributed by atoms with Gasteiger partial charge in [-0.25, -0.2) is 0 Å². The minimum absolute atomic E-state index is 0.101. The van der Waals surface area contributed by atoms with Crippen molar-refractivity contribution in [2.75, 3.05) is 13.2 Å². The minimum Gasteiger partial charge on any atom is -0.462 e. The van der Waals surface area contributed by atoms with E-state index >= 15 is 0 Å². The molecule has 0 aliphatic heterocycles. The van der Waals surface area contributed by atoms with Gasteiger partial charge in [0.15, 0.2) is 6.10 Å². The zero-order chi connectivity index (χ0) is 57.6. The normalized spacial score (nSPS) is 13.6. The molecule has 0 aliphatic rings. The van der Waals surface area contributed by atoms with Crippen molar-refractivity contribution in [1.82, 2.24) is 0 Å². The molecule has 0 radical (unpaired) electrons. The smallest absolute Gasteiger partial charge is 0.306 e. The van der Waals surface area contributed by atoms with Crippen molar-refractivity contribution >= 4 is 11.9 Å². The molecular weight excluding hydrogens is 981 g/mol. The van der Waals surface area contributed by atoms with Gasteiger partial charge < -0.3 is 14.6 Å². The number of allylic oxidation sites excluding steroid dienone is 32. The molecule has 0 aromatic rings. The van der Waals surface area contributed by atoms with Crippen LogP contribution in [0.15, 0.2) is 194 Å². The Morgan fingerprint density at radius 2 is 0.500 bits per heavy atom. The summed E-state index contributed by atoms with van der Waals surface area (Å²) in [6.45, 7) is 3.87. The Balaban J connectivity index is 3.62. The van der Waals surface area contributed by atoms with E-state index in [1.54, 1.807) is 0 Å². The summed E-state index contributed by atoms with van der Waals surface area (Å²) in [6.07, 6.45) is 109. The number of carbonyl (C=O) groups is 2. The highest BCUT2D eigenvalue weighted by molar-refractivity contribution is 5.70. The number of hydrogen-bond acceptors (Lipinski definition) is 5. The molecule has 0 rings (SSSR count). The van der Waals surface area contributed by atoms with E-state index in [1.807, 2.05) is 0 Å². The zero-order valence-corrected chi connectivity index (χ0v) is 51.0. The van der Waals surface area contributed by atoms with Crippen LogP contribution in [0.1, 0.15) is 245 Å². The first-order valence-corrected chi connectivity index (χ1v) is 32.0. The van der Waals surface area contributed by atoms with Crippen molar-refractivity contribution in [3.05, 3.63) is 194 Å². The van der Waals surface area contributed by atoms with Crippen LogP contribution < -0.4 is 0 Å². The fraction of sp³-hybridized carbons (Fsp3) is 0.547. The molecule has 1 N–H and O–H groups in total. The van der Waals surface area contributed by atoms with Crippen molar-refractivity contribution < 1.29 is 24.2 Å². The van der Waals surface area contributed by atoms with Crippen molar-refractivity contribution in [2.45, 2.75) is 251 Å². The third kappa shape index (κ3) is 65.3. The molecule has 0 saturated heterocycles. The first-order chi connectivity index (χ1) is 39.6. The Hall–Kier alpha value is -5.26. The average molecular weight is 1100 g/mol. The third-order valence-electron chi connectivity index (χ3n) is 12.9. The molecule has 80 heavy (non-hydrogen) atoms. The second-order valence-electron chi connectivity index (χ2n) is 20.4. The van der Waals surface area contributed by atoms with Crippen LogP contribution in [-0.2, 0) is 19.1 Å². The molecule has 0 aromatic heterocycles. The number of aliphatic hydroxyl groups is 1. The van der Waals surface area contributed by atoms with Crippen LogP contribution in [0.4, 0.5) is 0 Å². The van der Waals surface area contributed by atoms with Gasteiger partial charge in [-0.05, 0) is 141 Å². The average Bonchev–Trinajstić information content (AvgIpc) is 3.46. The number of aliphatic hydroxyl groups excluding tert-OH is 1. The molecule has 0 bridgehead atoms. The Labute approximate surface area is 492 Å². The summed E-state index contributed by atoms with van der Waals surface area (Å²) in [6, 6.07) is 0. The number of esters is 2. The van der Waals surface area contributed by atoms with E-state index in [9.17, 15) is 14.7 Å². The Kier molecular flexibility index (Phi) is 63.5. The minimum atomic E-state index is -0.807. The van der Waals surface area contributed by atoms with E-state index in [2.05, 4.69) is 208 Å². The summed E-state index contributed by atoms with van der Waals surface area (Å²) in [5.41, 5.74) is 0. The summed E-state index contributed by atoms with van der Waals surface area (Å²) in [5, 5.41) is 9.68. The highest BCUT2D eigenvalue weighted by Gasteiger charge is 2.16. The molecular formula is C75H116O5. The van der Waals surface area contributed by atoms with Crippen LogP contribution in [0.5, 0.6) is 0 Å². The monoisotopic (exact) mass is 1100 g/mol. The molecule has 0 spiro atoms. The Morgan fingerprint density at radius 3 is 0.775 bits per heavy atom. The largest absolute Gasteiger partial charge is 0.462 e. The summed E-state index contributed by atoms with van der Waals surface area (Å²) in [4.78, 5) is 24.6. The SMILES string of the molecule is CC/C=C\C/C=C\C/C=C\C/C=C\C/C=C\C/C=C\C/C=C\C/C=C\CCCCCCCCCCCCCCCCC(=O)OC(CO)COC(=O)CCCC/C=C\C/C=C\C/C=C\C/C=C\C/C=C\C/C=C\C/C=C\C/C=C\CC. The van der Waals surface area contributed by atoms with Gasteiger partial charge in [0.05, 0.1) is 6.61 Å². The van der Waals surface area contributed by atoms with Crippen molar-refractivity contribution in [3.63, 3.8) is 0 Å². The standard InChI is InChI=1S/C75H116O5/c1-3-5-7-9-11-13-15-17-19-21-23-25-27-29-31-32-33-34-35-36-37-38-39-40-41-42-44-46-48-50-52-54-56-58-60-62-64-66-68-70-75(78)80-73(71-76)72-79-74(77)69-67-65-63-61-59-57-55-53-51-49-47-45-43-30-28-26-24-22-20-18-16-14-12-10-8-6-4-2/h5-8,11-14,17-20,23-26,29-31,33-34,36-37,39-40,43,47,49,53,55,59,61,73,76H,3-4,9-10,15-16,21-22,27-28,32,35,38,41-42,44-46,48,50-52,54,56-58,60,62-72H2,1-2H3/b7-5-,8-6-,13-11-,14-12-,19-17-,20-18-,25-23-,26-24-,31-29-,34-33-,37-36-,40-39-,43-30-,49-47-,55-53-,61-59-. The van der Waals surface area contributed by atoms with Crippen LogP contribution >= 0.6 is 0 Å². The summed E-state index contributed by atoms with van der Waals surface area (Å²) in [5.74, 6) is -0.654. The predicted octanol–water partition coefficient (Wildman–Crippen LogP) is 22.4. The van der Waals surface area contributed by atoms with Crippen molar-refractivity contribution in [3.8, 4) is 0 Å². The molecule has 0 heterocycles. The fourth-order valence-electron chi connectivity index (χ4n) is 8.17. The lowest BCUT2D eigenvalue weighted by molar-refractivity contribution is -0.161. The lowest BCUT2D eigenvalue weighted by Crippen LogP contribution is -2.28. The molecule has 0 fully saturated rings. The molecule has 446 valence electrons. The summed E-state index contributed by atoms with van der Waals surface area (Å²) < 4.78 is 10.7. The fourth-order valence-corrected chi connectivity index (χ4v) is 8.17. The molecule has 0 aromatic carbocycles. The van der Waals surface area contributed by atoms with E-state index in [4.69, 9.17) is 9.47 Å². The first-order valence-electron chi connectivity index (χ1n) is 32.0. The molecule has 0 saturated carbocycles. The van der Waals surface area contributed by atoms with Gasteiger partial charge >= 0.3 is 11.9 Å². The maximum Gasteiger partial charge on any atom is 0.306 e. The number of carbonyl (C=O) groups excluding carboxylic acids is 2. The number of rotatable bonds is 56. The van der Waals surface area contributed by atoms with E-state index in [1.165, 1.54) is 77.0 Å². The second-order valence-corrected chi connectivity index (χ2v) is 20.4. The quantitative estimate of drug-likeness (QED) is 0.0373. The molecule has 5 heteroatoms. The van der Waals surface area contributed by atoms with Gasteiger partial charge in [0.2, 0.25) is 0 Å². The van der Waals surface area contributed by atoms with Crippen molar-refractivity contribution in [2.24, 2.45) is 0 Å². The lowest BCUT2D eigenvalue weighted by atomic mass is 10.0. The Bertz CT molecular complexity index is 1870. The molecule has 5 nitrogen and oxygen atoms in total. The van der Waals surface area contributed by atoms with Crippen LogP contribution in [0.3, 0.4) is 0 Å². The summed E-state index contributed by atoms with van der Waals surface area (Å²) in [7, 11) is 0. The first kappa shape index (κ1) is 74.7. The van der Waals surface area contributed by atoms with E-state index in [0.717, 1.165) is 141 Å². The third-order valence-corrected chi connectivity index (χ3v) is 12.9. The lowest BCUT2D eigenvalue weighted by Gasteiger charge is -2.15. The van der Waals surface area contributed by atoms with Gasteiger partial charge in [-0.2, -0.15) is 0 Å². The van der Waals surface area contributed by atoms with Crippen molar-refractivity contribution in [1.29, 1.82) is 0 Å². The van der Waals surface area contributed by atoms with Gasteiger partial charge in [-0.15, -0.1) is 0 Å². The van der Waals surface area contributed by atoms with E-state index in [0.29, 0.717) is 12.8 Å². The topological polar surface area (TPSA) is 72.8 Å². The van der Waals surface area contributed by atoms with Gasteiger partial charge in [-0.1, -0.05) is 285 Å². The van der Waals surface area contributed by atoms with E-state index in [-0.39, 0.29) is 25.2 Å². The predicted molar refractivity (Wildman–Crippen MR) is 352 cm³/mol. The van der Waals surface area contributed by atoms with Crippen LogP contribution in [-0.4, -0.2) is 36.4 Å². The maximum atomic E-state index is 12.3. The zero-order valence-electron chi connectivity index (χ0n) is 51.0. The molecule has 1 atom stereocenters. The van der Waals surface area contributed by atoms with Crippen LogP contribution in [0.2, 0.25) is 0 Å². The number of ether oxygens (including phenoxy) is 2. The van der Waals surface area contributed by atoms with Gasteiger partial charge in [0.25, 0.3) is 0 Å². The Morgan fingerprint density at radius 1 is 0.287 bits per heavy atom. The second kappa shape index (κ2) is 68.0. The van der Waals surface area contributed by atoms with Crippen LogP contribution in [0.25, 0.3) is 0 Å². The maximum absolute atomic E-state index is 12.3. The molecule has 0 amide bonds. The number of hydrogen-bond donors (Lipinski definition) is 1. The molecule has 0 aliphatic carbocycles. The summed E-state index contributed by atoms with van der Waals surface area (Å²) >= 11 is 0. The van der Waals surface area contributed by atoms with Gasteiger partial charge in [0, 0.05) is 12.8 Å². The molecule has 1 unspecified atom stereocenters. The highest BCUT2D eigenvalue weighted by Crippen LogP contribution is 2.15. The highest BCUT2D eigenvalue weighted by atomic mass is 16.6. The van der Waals surface area contributed by atoms with Crippen LogP contribution in [0, 0.1) is 0 Å². The number of unbranched alkanes of at least 4 members (excludes halogenated alkanes) is 16. The van der Waals surface area contributed by atoms with E-state index < -0.39 is 6.10 Å². The van der Waals surface area contributed by atoms with Gasteiger partial charge in [0.1, 0.15) is 6.61 Å².